The van der Waals surface area contributed by atoms with Crippen molar-refractivity contribution in [3.63, 3.8) is 0 Å². The van der Waals surface area contributed by atoms with Crippen molar-refractivity contribution in [2.75, 3.05) is 39.4 Å². The van der Waals surface area contributed by atoms with Gasteiger partial charge in [-0.3, -0.25) is 10.2 Å². The summed E-state index contributed by atoms with van der Waals surface area (Å²) >= 11 is 0. The highest BCUT2D eigenvalue weighted by Gasteiger charge is 2.28. The Balaban J connectivity index is 1.82. The summed E-state index contributed by atoms with van der Waals surface area (Å²) in [4.78, 5) is 24.5. The van der Waals surface area contributed by atoms with Crippen molar-refractivity contribution in [2.45, 2.75) is 12.8 Å². The Morgan fingerprint density at radius 2 is 1.94 bits per heavy atom. The molecular weight excluding hydrogens is 238 g/mol. The summed E-state index contributed by atoms with van der Waals surface area (Å²) in [5.41, 5.74) is 2.80. The Labute approximate surface area is 106 Å². The number of carbonyl (C=O) groups excluding carboxylic acids is 1. The highest BCUT2D eigenvalue weighted by molar-refractivity contribution is 5.76. The maximum atomic E-state index is 12.0. The molecule has 2 rings (SSSR count). The van der Waals surface area contributed by atoms with E-state index in [0.29, 0.717) is 45.8 Å². The Hall–Kier alpha value is -1.34. The van der Waals surface area contributed by atoms with Crippen LogP contribution < -0.4 is 5.43 Å². The van der Waals surface area contributed by atoms with Gasteiger partial charge in [0.25, 0.3) is 0 Å². The number of piperidine rings is 1. The van der Waals surface area contributed by atoms with Crippen molar-refractivity contribution < 1.29 is 19.4 Å². The van der Waals surface area contributed by atoms with E-state index in [1.165, 1.54) is 0 Å². The third-order valence-electron chi connectivity index (χ3n) is 3.32. The van der Waals surface area contributed by atoms with E-state index in [9.17, 15) is 9.59 Å². The molecule has 0 aromatic heterocycles. The summed E-state index contributed by atoms with van der Waals surface area (Å²) < 4.78 is 5.19. The molecule has 2 aliphatic rings. The summed E-state index contributed by atoms with van der Waals surface area (Å²) in [6.07, 6.45) is 1.39. The number of hydrogen-bond acceptors (Lipinski definition) is 4. The van der Waals surface area contributed by atoms with Crippen LogP contribution in [0.1, 0.15) is 12.8 Å². The molecule has 7 nitrogen and oxygen atoms in total. The second-order valence-electron chi connectivity index (χ2n) is 4.64. The molecule has 2 aliphatic heterocycles. The largest absolute Gasteiger partial charge is 0.481 e. The minimum absolute atomic E-state index is 0.206. The number of nitrogens with zero attached hydrogens (tertiary/aromatic N) is 2. The normalized spacial score (nSPS) is 25.8. The number of urea groups is 1. The predicted octanol–water partition coefficient (Wildman–Crippen LogP) is -0.260. The van der Waals surface area contributed by atoms with E-state index < -0.39 is 11.9 Å². The maximum Gasteiger partial charge on any atom is 0.331 e. The van der Waals surface area contributed by atoms with Crippen LogP contribution in [-0.2, 0) is 9.53 Å². The van der Waals surface area contributed by atoms with Crippen LogP contribution in [0, 0.1) is 5.92 Å². The second-order valence-corrected chi connectivity index (χ2v) is 4.64. The minimum Gasteiger partial charge on any atom is -0.481 e. The van der Waals surface area contributed by atoms with Gasteiger partial charge in [-0.2, -0.15) is 0 Å². The third-order valence-corrected chi connectivity index (χ3v) is 3.32. The number of nitrogens with one attached hydrogen (secondary N) is 1. The van der Waals surface area contributed by atoms with Crippen molar-refractivity contribution >= 4 is 12.0 Å². The monoisotopic (exact) mass is 257 g/mol. The van der Waals surface area contributed by atoms with Crippen molar-refractivity contribution in [1.29, 1.82) is 0 Å². The van der Waals surface area contributed by atoms with Crippen LogP contribution in [0.25, 0.3) is 0 Å². The van der Waals surface area contributed by atoms with Gasteiger partial charge in [-0.1, -0.05) is 0 Å². The molecule has 2 N–H and O–H groups in total. The molecule has 0 saturated carbocycles. The number of carboxylic acids is 1. The zero-order chi connectivity index (χ0) is 13.0. The first-order valence-electron chi connectivity index (χ1n) is 6.28. The number of morpholine rings is 1. The predicted molar refractivity (Wildman–Crippen MR) is 62.9 cm³/mol. The number of hydrogen-bond donors (Lipinski definition) is 2. The highest BCUT2D eigenvalue weighted by atomic mass is 16.5. The van der Waals surface area contributed by atoms with Crippen molar-refractivity contribution in [3.05, 3.63) is 0 Å². The SMILES string of the molecule is O=C(O)[C@@H]1CCCN(C(=O)NN2CCOCC2)C1. The molecule has 0 aromatic carbocycles. The molecule has 102 valence electrons. The van der Waals surface area contributed by atoms with E-state index >= 15 is 0 Å². The summed E-state index contributed by atoms with van der Waals surface area (Å²) in [6, 6.07) is -0.206. The number of likely N-dealkylation sites (tertiary alicyclic amines) is 1. The third kappa shape index (κ3) is 3.33. The van der Waals surface area contributed by atoms with Gasteiger partial charge in [0.2, 0.25) is 0 Å². The van der Waals surface area contributed by atoms with E-state index in [4.69, 9.17) is 9.84 Å². The van der Waals surface area contributed by atoms with Gasteiger partial charge in [-0.25, -0.2) is 9.80 Å². The van der Waals surface area contributed by atoms with E-state index in [1.54, 1.807) is 4.90 Å². The van der Waals surface area contributed by atoms with Gasteiger partial charge in [0, 0.05) is 26.2 Å². The minimum atomic E-state index is -0.820. The van der Waals surface area contributed by atoms with Crippen LogP contribution in [0.3, 0.4) is 0 Å². The smallest absolute Gasteiger partial charge is 0.331 e. The molecule has 0 aromatic rings. The van der Waals surface area contributed by atoms with Gasteiger partial charge in [0.05, 0.1) is 19.1 Å². The van der Waals surface area contributed by atoms with E-state index in [0.717, 1.165) is 6.42 Å². The average Bonchev–Trinajstić information content (AvgIpc) is 2.40. The van der Waals surface area contributed by atoms with Gasteiger partial charge in [-0.15, -0.1) is 0 Å². The first kappa shape index (κ1) is 13.1. The van der Waals surface area contributed by atoms with Crippen molar-refractivity contribution in [1.82, 2.24) is 15.3 Å². The Morgan fingerprint density at radius 3 is 2.61 bits per heavy atom. The molecule has 1 atom stereocenters. The Bertz CT molecular complexity index is 317. The quantitative estimate of drug-likeness (QED) is 0.712. The summed E-state index contributed by atoms with van der Waals surface area (Å²) in [7, 11) is 0. The van der Waals surface area contributed by atoms with E-state index in [2.05, 4.69) is 5.43 Å². The van der Waals surface area contributed by atoms with Crippen LogP contribution in [0.2, 0.25) is 0 Å². The van der Waals surface area contributed by atoms with Gasteiger partial charge in [0.1, 0.15) is 0 Å². The molecule has 0 bridgehead atoms. The topological polar surface area (TPSA) is 82.1 Å². The first-order chi connectivity index (χ1) is 8.66. The van der Waals surface area contributed by atoms with Gasteiger partial charge in [0.15, 0.2) is 0 Å². The van der Waals surface area contributed by atoms with Crippen molar-refractivity contribution in [2.24, 2.45) is 5.92 Å². The standard InChI is InChI=1S/C11H19N3O4/c15-10(16)9-2-1-3-13(8-9)11(17)12-14-4-6-18-7-5-14/h9H,1-8H2,(H,12,17)(H,15,16)/t9-/m1/s1. The second kappa shape index (κ2) is 6.01. The van der Waals surface area contributed by atoms with Crippen LogP contribution in [-0.4, -0.2) is 66.4 Å². The summed E-state index contributed by atoms with van der Waals surface area (Å²) in [5, 5.41) is 10.8. The number of amides is 2. The number of hydrazine groups is 1. The Morgan fingerprint density at radius 1 is 1.22 bits per heavy atom. The summed E-state index contributed by atoms with van der Waals surface area (Å²) in [5.74, 6) is -1.26. The van der Waals surface area contributed by atoms with Crippen molar-refractivity contribution in [3.8, 4) is 0 Å². The summed E-state index contributed by atoms with van der Waals surface area (Å²) in [6.45, 7) is 3.48. The fourth-order valence-electron chi connectivity index (χ4n) is 2.24. The maximum absolute atomic E-state index is 12.0. The van der Waals surface area contributed by atoms with Gasteiger partial charge < -0.3 is 14.7 Å². The number of rotatable bonds is 2. The van der Waals surface area contributed by atoms with Crippen LogP contribution in [0.4, 0.5) is 4.79 Å². The molecule has 7 heteroatoms. The average molecular weight is 257 g/mol. The molecule has 0 unspecified atom stereocenters. The molecule has 0 aliphatic carbocycles. The molecule has 2 saturated heterocycles. The van der Waals surface area contributed by atoms with Crippen LogP contribution in [0.5, 0.6) is 0 Å². The van der Waals surface area contributed by atoms with Gasteiger partial charge in [-0.05, 0) is 12.8 Å². The number of ether oxygens (including phenoxy) is 1. The zero-order valence-electron chi connectivity index (χ0n) is 10.3. The fraction of sp³-hybridized carbons (Fsp3) is 0.818. The van der Waals surface area contributed by atoms with E-state index in [1.807, 2.05) is 5.01 Å². The molecular formula is C11H19N3O4. The highest BCUT2D eigenvalue weighted by Crippen LogP contribution is 2.16. The molecule has 2 heterocycles. The molecule has 2 fully saturated rings. The zero-order valence-corrected chi connectivity index (χ0v) is 10.3. The molecule has 18 heavy (non-hydrogen) atoms. The number of aliphatic carboxylic acids is 1. The van der Waals surface area contributed by atoms with E-state index in [-0.39, 0.29) is 6.03 Å². The van der Waals surface area contributed by atoms with Gasteiger partial charge >= 0.3 is 12.0 Å². The lowest BCUT2D eigenvalue weighted by atomic mass is 9.99. The van der Waals surface area contributed by atoms with Crippen LogP contribution in [0.15, 0.2) is 0 Å². The fourth-order valence-corrected chi connectivity index (χ4v) is 2.24. The lowest BCUT2D eigenvalue weighted by Gasteiger charge is -2.34. The first-order valence-corrected chi connectivity index (χ1v) is 6.28. The molecule has 2 amide bonds. The molecule has 0 spiro atoms. The Kier molecular flexibility index (Phi) is 4.38. The van der Waals surface area contributed by atoms with Crippen LogP contribution >= 0.6 is 0 Å². The molecule has 0 radical (unpaired) electrons. The number of carboxylic acid groups (broad SMARTS) is 1. The number of carbonyl (C=O) groups is 2. The lowest BCUT2D eigenvalue weighted by molar-refractivity contribution is -0.143. The lowest BCUT2D eigenvalue weighted by Crippen LogP contribution is -2.55.